The largest absolute Gasteiger partial charge is 0.392 e. The van der Waals surface area contributed by atoms with E-state index < -0.39 is 0 Å². The van der Waals surface area contributed by atoms with Crippen molar-refractivity contribution in [1.82, 2.24) is 4.90 Å². The molecule has 0 aliphatic heterocycles. The van der Waals surface area contributed by atoms with E-state index in [-0.39, 0.29) is 24.0 Å². The molecule has 0 fully saturated rings. The van der Waals surface area contributed by atoms with E-state index in [2.05, 4.69) is 60.3 Å². The van der Waals surface area contributed by atoms with Gasteiger partial charge in [-0.2, -0.15) is 0 Å². The Morgan fingerprint density at radius 1 is 1.05 bits per heavy atom. The van der Waals surface area contributed by atoms with Crippen molar-refractivity contribution in [3.63, 3.8) is 0 Å². The topological polar surface area (TPSA) is 32.7 Å². The van der Waals surface area contributed by atoms with Gasteiger partial charge in [0.25, 0.3) is 0 Å². The number of aliphatic hydroxyl groups excluding tert-OH is 1. The highest BCUT2D eigenvalue weighted by atomic mass is 16.5. The average molecular weight is 287 g/mol. The van der Waals surface area contributed by atoms with E-state index in [1.165, 1.54) is 0 Å². The van der Waals surface area contributed by atoms with Crippen molar-refractivity contribution in [2.75, 3.05) is 13.2 Å². The first-order valence-corrected chi connectivity index (χ1v) is 8.23. The number of rotatable bonds is 9. The van der Waals surface area contributed by atoms with Gasteiger partial charge < -0.3 is 9.84 Å². The molecule has 0 bridgehead atoms. The molecule has 0 saturated carbocycles. The molecular formula is C17H37NO2. The third-order valence-corrected chi connectivity index (χ3v) is 4.33. The molecule has 0 spiro atoms. The van der Waals surface area contributed by atoms with Gasteiger partial charge in [-0.25, -0.2) is 0 Å². The zero-order chi connectivity index (χ0) is 16.0. The summed E-state index contributed by atoms with van der Waals surface area (Å²) in [6.45, 7) is 18.4. The highest BCUT2D eigenvalue weighted by Crippen LogP contribution is 2.35. The maximum Gasteiger partial charge on any atom is 0.135 e. The third-order valence-electron chi connectivity index (χ3n) is 4.33. The molecule has 0 saturated heterocycles. The minimum absolute atomic E-state index is 0.0474. The second-order valence-corrected chi connectivity index (χ2v) is 7.03. The molecule has 0 amide bonds. The summed E-state index contributed by atoms with van der Waals surface area (Å²) in [5, 5.41) is 9.86. The molecular weight excluding hydrogens is 250 g/mol. The molecule has 1 unspecified atom stereocenters. The molecule has 0 heterocycles. The molecule has 1 atom stereocenters. The van der Waals surface area contributed by atoms with Crippen LogP contribution in [0.15, 0.2) is 0 Å². The fraction of sp³-hybridized carbons (Fsp3) is 1.00. The van der Waals surface area contributed by atoms with Crippen LogP contribution in [0.2, 0.25) is 0 Å². The lowest BCUT2D eigenvalue weighted by Gasteiger charge is -2.50. The SMILES string of the molecule is CCCN(C(CO)OC(C)(C)C)C(CC)(CC)C(C)C. The highest BCUT2D eigenvalue weighted by Gasteiger charge is 2.41. The summed E-state index contributed by atoms with van der Waals surface area (Å²) >= 11 is 0. The standard InChI is InChI=1S/C17H37NO2/c1-9-12-18(15(13-19)20-16(6,7)8)17(10-2,11-3)14(4)5/h14-15,19H,9-13H2,1-8H3. The van der Waals surface area contributed by atoms with Crippen LogP contribution in [-0.4, -0.2) is 40.5 Å². The highest BCUT2D eigenvalue weighted by molar-refractivity contribution is 4.93. The maximum atomic E-state index is 9.86. The number of hydrogen-bond acceptors (Lipinski definition) is 3. The fourth-order valence-corrected chi connectivity index (χ4v) is 3.31. The first-order valence-electron chi connectivity index (χ1n) is 8.23. The number of ether oxygens (including phenoxy) is 1. The summed E-state index contributed by atoms with van der Waals surface area (Å²) in [7, 11) is 0. The minimum Gasteiger partial charge on any atom is -0.392 e. The van der Waals surface area contributed by atoms with Crippen molar-refractivity contribution in [3.8, 4) is 0 Å². The van der Waals surface area contributed by atoms with Crippen molar-refractivity contribution in [2.45, 2.75) is 92.0 Å². The van der Waals surface area contributed by atoms with Crippen LogP contribution < -0.4 is 0 Å². The fourth-order valence-electron chi connectivity index (χ4n) is 3.31. The summed E-state index contributed by atoms with van der Waals surface area (Å²) < 4.78 is 6.14. The van der Waals surface area contributed by atoms with E-state index in [4.69, 9.17) is 4.74 Å². The normalized spacial score (nSPS) is 15.2. The number of nitrogens with zero attached hydrogens (tertiary/aromatic N) is 1. The molecule has 0 radical (unpaired) electrons. The van der Waals surface area contributed by atoms with Crippen LogP contribution >= 0.6 is 0 Å². The van der Waals surface area contributed by atoms with Crippen LogP contribution in [-0.2, 0) is 4.74 Å². The molecule has 0 aromatic heterocycles. The molecule has 0 aromatic carbocycles. The predicted octanol–water partition coefficient (Wildman–Crippen LogP) is 4.05. The Balaban J connectivity index is 5.45. The Morgan fingerprint density at radius 2 is 1.55 bits per heavy atom. The Labute approximate surface area is 126 Å². The molecule has 122 valence electrons. The van der Waals surface area contributed by atoms with Crippen LogP contribution in [0.4, 0.5) is 0 Å². The third kappa shape index (κ3) is 5.01. The van der Waals surface area contributed by atoms with Crippen LogP contribution in [0.1, 0.15) is 74.7 Å². The van der Waals surface area contributed by atoms with Crippen molar-refractivity contribution >= 4 is 0 Å². The predicted molar refractivity (Wildman–Crippen MR) is 86.9 cm³/mol. The van der Waals surface area contributed by atoms with Gasteiger partial charge in [-0.1, -0.05) is 34.6 Å². The van der Waals surface area contributed by atoms with Crippen molar-refractivity contribution in [2.24, 2.45) is 5.92 Å². The van der Waals surface area contributed by atoms with E-state index in [0.29, 0.717) is 5.92 Å². The zero-order valence-electron chi connectivity index (χ0n) is 15.0. The second kappa shape index (κ2) is 8.35. The van der Waals surface area contributed by atoms with E-state index in [9.17, 15) is 5.11 Å². The van der Waals surface area contributed by atoms with Gasteiger partial charge in [0, 0.05) is 12.1 Å². The Morgan fingerprint density at radius 3 is 1.80 bits per heavy atom. The zero-order valence-corrected chi connectivity index (χ0v) is 15.0. The van der Waals surface area contributed by atoms with Gasteiger partial charge in [0.15, 0.2) is 0 Å². The molecule has 3 nitrogen and oxygen atoms in total. The molecule has 3 heteroatoms. The number of hydrogen-bond donors (Lipinski definition) is 1. The van der Waals surface area contributed by atoms with Gasteiger partial charge in [0.2, 0.25) is 0 Å². The van der Waals surface area contributed by atoms with Gasteiger partial charge in [0.05, 0.1) is 12.2 Å². The second-order valence-electron chi connectivity index (χ2n) is 7.03. The molecule has 0 aromatic rings. The summed E-state index contributed by atoms with van der Waals surface area (Å²) in [5.74, 6) is 0.529. The van der Waals surface area contributed by atoms with E-state index in [1.54, 1.807) is 0 Å². The van der Waals surface area contributed by atoms with Gasteiger partial charge in [-0.15, -0.1) is 0 Å². The molecule has 0 aliphatic rings. The van der Waals surface area contributed by atoms with Crippen LogP contribution in [0.5, 0.6) is 0 Å². The first-order chi connectivity index (χ1) is 9.18. The van der Waals surface area contributed by atoms with Gasteiger partial charge in [-0.3, -0.25) is 4.90 Å². The molecule has 0 aliphatic carbocycles. The Hall–Kier alpha value is -0.120. The van der Waals surface area contributed by atoms with Crippen LogP contribution in [0.3, 0.4) is 0 Å². The van der Waals surface area contributed by atoms with Gasteiger partial charge in [0.1, 0.15) is 6.23 Å². The average Bonchev–Trinajstić information content (AvgIpc) is 2.35. The molecule has 1 N–H and O–H groups in total. The van der Waals surface area contributed by atoms with Gasteiger partial charge >= 0.3 is 0 Å². The van der Waals surface area contributed by atoms with Crippen molar-refractivity contribution in [3.05, 3.63) is 0 Å². The lowest BCUT2D eigenvalue weighted by molar-refractivity contribution is -0.189. The molecule has 20 heavy (non-hydrogen) atoms. The van der Waals surface area contributed by atoms with Crippen LogP contribution in [0, 0.1) is 5.92 Å². The lowest BCUT2D eigenvalue weighted by atomic mass is 9.79. The minimum atomic E-state index is -0.246. The van der Waals surface area contributed by atoms with Crippen LogP contribution in [0.25, 0.3) is 0 Å². The maximum absolute atomic E-state index is 9.86. The van der Waals surface area contributed by atoms with Crippen molar-refractivity contribution < 1.29 is 9.84 Å². The summed E-state index contributed by atoms with van der Waals surface area (Å²) in [6.07, 6.45) is 2.99. The summed E-state index contributed by atoms with van der Waals surface area (Å²) in [6, 6.07) is 0. The lowest BCUT2D eigenvalue weighted by Crippen LogP contribution is -2.59. The van der Waals surface area contributed by atoms with Crippen molar-refractivity contribution in [1.29, 1.82) is 0 Å². The monoisotopic (exact) mass is 287 g/mol. The van der Waals surface area contributed by atoms with E-state index >= 15 is 0 Å². The Kier molecular flexibility index (Phi) is 8.30. The van der Waals surface area contributed by atoms with E-state index in [0.717, 1.165) is 25.8 Å². The molecule has 0 rings (SSSR count). The quantitative estimate of drug-likeness (QED) is 0.649. The van der Waals surface area contributed by atoms with Gasteiger partial charge in [-0.05, 0) is 46.0 Å². The Bertz CT molecular complexity index is 254. The smallest absolute Gasteiger partial charge is 0.135 e. The summed E-state index contributed by atoms with van der Waals surface area (Å²) in [5.41, 5.74) is -0.155. The summed E-state index contributed by atoms with van der Waals surface area (Å²) in [4.78, 5) is 2.41. The first kappa shape index (κ1) is 19.9. The van der Waals surface area contributed by atoms with E-state index in [1.807, 2.05) is 0 Å². The number of aliphatic hydroxyl groups is 1.